The first-order valence-corrected chi connectivity index (χ1v) is 13.5. The summed E-state index contributed by atoms with van der Waals surface area (Å²) < 4.78 is 13.1. The van der Waals surface area contributed by atoms with E-state index < -0.39 is 11.7 Å². The number of aromatic nitrogens is 5. The molecule has 0 atom stereocenters. The van der Waals surface area contributed by atoms with Crippen molar-refractivity contribution >= 4 is 45.7 Å². The van der Waals surface area contributed by atoms with Crippen LogP contribution >= 0.6 is 11.6 Å². The van der Waals surface area contributed by atoms with Crippen LogP contribution in [0.4, 0.5) is 5.69 Å². The Balaban J connectivity index is 1.15. The molecule has 7 rings (SSSR count). The standard InChI is InChI=1S/C29H23ClN8O4/c1-41-23-14-33-28(38-16-31-15-34-38)25-24(23)19(13-32-25)26(39)29(40)37-10-8-36(9-11-37)27-18-12-17(30)6-7-21(18)42-22-5-3-2-4-20(22)35-27/h2-7,12-16,32H,8-11H2,1H3. The molecule has 0 unspecified atom stereocenters. The summed E-state index contributed by atoms with van der Waals surface area (Å²) in [5, 5.41) is 5.15. The zero-order chi connectivity index (χ0) is 28.8. The number of H-pyrrole nitrogens is 1. The summed E-state index contributed by atoms with van der Waals surface area (Å²) in [5.41, 5.74) is 2.16. The fourth-order valence-corrected chi connectivity index (χ4v) is 5.42. The molecule has 0 bridgehead atoms. The van der Waals surface area contributed by atoms with E-state index in [0.29, 0.717) is 76.7 Å². The van der Waals surface area contributed by atoms with Crippen LogP contribution in [0.2, 0.25) is 5.02 Å². The first-order chi connectivity index (χ1) is 20.5. The number of rotatable bonds is 4. The second kappa shape index (κ2) is 10.3. The molecule has 13 heteroatoms. The van der Waals surface area contributed by atoms with Crippen LogP contribution in [0.5, 0.6) is 17.2 Å². The first kappa shape index (κ1) is 25.7. The summed E-state index contributed by atoms with van der Waals surface area (Å²) in [5.74, 6) is 1.54. The molecular formula is C29H23ClN8O4. The first-order valence-electron chi connectivity index (χ1n) is 13.1. The normalized spacial score (nSPS) is 14.5. The molecule has 1 fully saturated rings. The fourth-order valence-electron chi connectivity index (χ4n) is 5.25. The van der Waals surface area contributed by atoms with E-state index in [1.54, 1.807) is 11.0 Å². The van der Waals surface area contributed by atoms with Gasteiger partial charge >= 0.3 is 0 Å². The van der Waals surface area contributed by atoms with Crippen LogP contribution in [-0.4, -0.2) is 85.3 Å². The summed E-state index contributed by atoms with van der Waals surface area (Å²) in [7, 11) is 1.48. The number of halogens is 1. The molecule has 12 nitrogen and oxygen atoms in total. The van der Waals surface area contributed by atoms with Crippen molar-refractivity contribution in [2.24, 2.45) is 4.99 Å². The van der Waals surface area contributed by atoms with Crippen LogP contribution in [0.15, 0.2) is 72.5 Å². The average molecular weight is 583 g/mol. The van der Waals surface area contributed by atoms with Crippen LogP contribution in [0.1, 0.15) is 15.9 Å². The van der Waals surface area contributed by atoms with E-state index in [1.165, 1.54) is 36.8 Å². The third-order valence-corrected chi connectivity index (χ3v) is 7.54. The van der Waals surface area contributed by atoms with Gasteiger partial charge in [0.15, 0.2) is 11.6 Å². The van der Waals surface area contributed by atoms with Crippen molar-refractivity contribution in [2.75, 3.05) is 33.3 Å². The molecule has 1 amide bonds. The molecule has 1 saturated heterocycles. The molecule has 3 aromatic heterocycles. The number of ketones is 1. The van der Waals surface area contributed by atoms with Crippen LogP contribution in [0.25, 0.3) is 16.7 Å². The molecule has 5 aromatic rings. The van der Waals surface area contributed by atoms with Gasteiger partial charge < -0.3 is 24.3 Å². The number of benzene rings is 2. The zero-order valence-electron chi connectivity index (χ0n) is 22.3. The number of nitrogens with one attached hydrogen (secondary N) is 1. The number of hydrogen-bond acceptors (Lipinski definition) is 9. The molecule has 0 radical (unpaired) electrons. The number of Topliss-reactive ketones (excluding diaryl/α,β-unsaturated/α-hetero) is 1. The number of carbonyl (C=O) groups is 2. The summed E-state index contributed by atoms with van der Waals surface area (Å²) in [6, 6.07) is 13.0. The Morgan fingerprint density at radius 1 is 1.07 bits per heavy atom. The van der Waals surface area contributed by atoms with Crippen molar-refractivity contribution in [3.63, 3.8) is 0 Å². The number of nitrogens with zero attached hydrogens (tertiary/aromatic N) is 7. The Morgan fingerprint density at radius 3 is 2.69 bits per heavy atom. The molecule has 5 heterocycles. The summed E-state index contributed by atoms with van der Waals surface area (Å²) in [6.07, 6.45) is 5.88. The second-order valence-electron chi connectivity index (χ2n) is 9.70. The SMILES string of the molecule is COc1cnc(-n2cncn2)c2[nH]cc(C(=O)C(=O)N3CCN(C4=Nc5ccccc5Oc5ccc(Cl)cc54)CC3)c12. The number of amidine groups is 1. The van der Waals surface area contributed by atoms with E-state index in [0.717, 1.165) is 5.56 Å². The number of aromatic amines is 1. The third-order valence-electron chi connectivity index (χ3n) is 7.31. The molecule has 0 aliphatic carbocycles. The Kier molecular flexibility index (Phi) is 6.31. The smallest absolute Gasteiger partial charge is 0.295 e. The highest BCUT2D eigenvalue weighted by Crippen LogP contribution is 2.39. The largest absolute Gasteiger partial charge is 0.494 e. The van der Waals surface area contributed by atoms with Gasteiger partial charge in [-0.25, -0.2) is 19.6 Å². The lowest BCUT2D eigenvalue weighted by Crippen LogP contribution is -2.52. The highest BCUT2D eigenvalue weighted by molar-refractivity contribution is 6.45. The van der Waals surface area contributed by atoms with Gasteiger partial charge in [0.2, 0.25) is 0 Å². The van der Waals surface area contributed by atoms with E-state index >= 15 is 0 Å². The van der Waals surface area contributed by atoms with Crippen molar-refractivity contribution in [3.8, 4) is 23.1 Å². The number of pyridine rings is 1. The van der Waals surface area contributed by atoms with Crippen LogP contribution in [-0.2, 0) is 4.79 Å². The topological polar surface area (TPSA) is 131 Å². The van der Waals surface area contributed by atoms with E-state index in [1.807, 2.05) is 36.4 Å². The van der Waals surface area contributed by atoms with Crippen molar-refractivity contribution < 1.29 is 19.1 Å². The lowest BCUT2D eigenvalue weighted by atomic mass is 10.1. The minimum Gasteiger partial charge on any atom is -0.494 e. The quantitative estimate of drug-likeness (QED) is 0.248. The van der Waals surface area contributed by atoms with Gasteiger partial charge in [0.1, 0.15) is 35.7 Å². The number of fused-ring (bicyclic) bond motifs is 3. The molecule has 42 heavy (non-hydrogen) atoms. The van der Waals surface area contributed by atoms with Gasteiger partial charge in [-0.05, 0) is 30.3 Å². The van der Waals surface area contributed by atoms with Crippen molar-refractivity contribution in [3.05, 3.63) is 83.7 Å². The lowest BCUT2D eigenvalue weighted by Gasteiger charge is -2.36. The summed E-state index contributed by atoms with van der Waals surface area (Å²) in [4.78, 5) is 47.0. The van der Waals surface area contributed by atoms with Gasteiger partial charge in [-0.2, -0.15) is 5.10 Å². The fraction of sp³-hybridized carbons (Fsp3) is 0.172. The predicted octanol–water partition coefficient (Wildman–Crippen LogP) is 4.02. The minimum atomic E-state index is -0.644. The maximum absolute atomic E-state index is 13.6. The Bertz CT molecular complexity index is 1880. The van der Waals surface area contributed by atoms with Crippen molar-refractivity contribution in [1.29, 1.82) is 0 Å². The number of piperazine rings is 1. The van der Waals surface area contributed by atoms with Gasteiger partial charge in [-0.15, -0.1) is 0 Å². The molecule has 210 valence electrons. The Hall–Kier alpha value is -5.23. The number of para-hydroxylation sites is 2. The van der Waals surface area contributed by atoms with Crippen LogP contribution in [0.3, 0.4) is 0 Å². The maximum Gasteiger partial charge on any atom is 0.295 e. The van der Waals surface area contributed by atoms with Crippen LogP contribution in [0, 0.1) is 0 Å². The van der Waals surface area contributed by atoms with Gasteiger partial charge in [0, 0.05) is 37.4 Å². The van der Waals surface area contributed by atoms with E-state index in [2.05, 4.69) is 25.0 Å². The molecule has 2 aliphatic heterocycles. The monoisotopic (exact) mass is 582 g/mol. The van der Waals surface area contributed by atoms with E-state index in [4.69, 9.17) is 26.1 Å². The minimum absolute atomic E-state index is 0.198. The van der Waals surface area contributed by atoms with Gasteiger partial charge in [0.05, 0.1) is 35.3 Å². The van der Waals surface area contributed by atoms with E-state index in [9.17, 15) is 9.59 Å². The number of carbonyl (C=O) groups excluding carboxylic acids is 2. The number of hydrogen-bond donors (Lipinski definition) is 1. The second-order valence-corrected chi connectivity index (χ2v) is 10.1. The average Bonchev–Trinajstić information content (AvgIpc) is 3.69. The molecule has 1 N–H and O–H groups in total. The third kappa shape index (κ3) is 4.32. The molecule has 0 saturated carbocycles. The van der Waals surface area contributed by atoms with Crippen molar-refractivity contribution in [1.82, 2.24) is 34.5 Å². The molecule has 2 aromatic carbocycles. The predicted molar refractivity (Wildman–Crippen MR) is 154 cm³/mol. The van der Waals surface area contributed by atoms with Gasteiger partial charge in [-0.1, -0.05) is 23.7 Å². The zero-order valence-corrected chi connectivity index (χ0v) is 23.1. The Labute approximate surface area is 244 Å². The number of amides is 1. The number of methoxy groups -OCH3 is 1. The van der Waals surface area contributed by atoms with Crippen molar-refractivity contribution in [2.45, 2.75) is 0 Å². The molecular weight excluding hydrogens is 560 g/mol. The summed E-state index contributed by atoms with van der Waals surface area (Å²) in [6.45, 7) is 1.58. The van der Waals surface area contributed by atoms with Gasteiger partial charge in [0.25, 0.3) is 11.7 Å². The lowest BCUT2D eigenvalue weighted by molar-refractivity contribution is -0.127. The molecule has 0 spiro atoms. The maximum atomic E-state index is 13.6. The Morgan fingerprint density at radius 2 is 1.90 bits per heavy atom. The summed E-state index contributed by atoms with van der Waals surface area (Å²) >= 11 is 6.35. The molecule has 2 aliphatic rings. The van der Waals surface area contributed by atoms with Gasteiger partial charge in [-0.3, -0.25) is 9.59 Å². The van der Waals surface area contributed by atoms with Crippen LogP contribution < -0.4 is 9.47 Å². The number of ether oxygens (including phenoxy) is 2. The number of aliphatic imine (C=N–C) groups is 1. The van der Waals surface area contributed by atoms with E-state index in [-0.39, 0.29) is 5.56 Å². The highest BCUT2D eigenvalue weighted by atomic mass is 35.5. The highest BCUT2D eigenvalue weighted by Gasteiger charge is 2.32.